The van der Waals surface area contributed by atoms with Crippen molar-refractivity contribution in [3.63, 3.8) is 0 Å². The van der Waals surface area contributed by atoms with E-state index in [-0.39, 0.29) is 18.4 Å². The number of rotatable bonds is 5. The van der Waals surface area contributed by atoms with Crippen LogP contribution < -0.4 is 5.32 Å². The summed E-state index contributed by atoms with van der Waals surface area (Å²) in [6.07, 6.45) is 0. The summed E-state index contributed by atoms with van der Waals surface area (Å²) in [5.41, 5.74) is 1.58. The summed E-state index contributed by atoms with van der Waals surface area (Å²) in [6.45, 7) is 3.90. The van der Waals surface area contributed by atoms with Crippen molar-refractivity contribution in [2.45, 2.75) is 26.4 Å². The summed E-state index contributed by atoms with van der Waals surface area (Å²) < 4.78 is 1.05. The molecule has 1 aliphatic heterocycles. The smallest absolute Gasteiger partial charge is 0.262 e. The number of carbonyl (C=O) groups excluding carboxylic acids is 3. The summed E-state index contributed by atoms with van der Waals surface area (Å²) in [6, 6.07) is 13.6. The van der Waals surface area contributed by atoms with E-state index in [1.54, 1.807) is 24.3 Å². The lowest BCUT2D eigenvalue weighted by Crippen LogP contribution is -2.52. The van der Waals surface area contributed by atoms with Gasteiger partial charge in [0.2, 0.25) is 5.91 Å². The van der Waals surface area contributed by atoms with Gasteiger partial charge < -0.3 is 5.32 Å². The van der Waals surface area contributed by atoms with Crippen LogP contribution in [-0.4, -0.2) is 33.6 Å². The number of fused-ring (bicyclic) bond motifs is 2. The molecule has 3 aromatic rings. The van der Waals surface area contributed by atoms with Crippen molar-refractivity contribution in [2.24, 2.45) is 5.92 Å². The van der Waals surface area contributed by atoms with Crippen LogP contribution in [0.3, 0.4) is 0 Å². The highest BCUT2D eigenvalue weighted by atomic mass is 32.1. The zero-order valence-electron chi connectivity index (χ0n) is 15.5. The fourth-order valence-corrected chi connectivity index (χ4v) is 4.35. The highest BCUT2D eigenvalue weighted by Gasteiger charge is 2.43. The fraction of sp³-hybridized carbons (Fsp3) is 0.238. The van der Waals surface area contributed by atoms with Crippen molar-refractivity contribution >= 4 is 39.3 Å². The number of para-hydroxylation sites is 1. The Labute approximate surface area is 166 Å². The van der Waals surface area contributed by atoms with Gasteiger partial charge in [0, 0.05) is 0 Å². The minimum atomic E-state index is -0.873. The van der Waals surface area contributed by atoms with Crippen molar-refractivity contribution in [3.8, 4) is 0 Å². The maximum absolute atomic E-state index is 12.9. The van der Waals surface area contributed by atoms with Gasteiger partial charge in [-0.3, -0.25) is 19.3 Å². The Morgan fingerprint density at radius 3 is 2.25 bits per heavy atom. The molecule has 0 spiro atoms. The summed E-state index contributed by atoms with van der Waals surface area (Å²) in [7, 11) is 0. The number of carbonyl (C=O) groups is 3. The molecule has 0 saturated carbocycles. The Bertz CT molecular complexity index is 1020. The van der Waals surface area contributed by atoms with Crippen molar-refractivity contribution in [1.82, 2.24) is 15.2 Å². The number of aromatic nitrogens is 1. The van der Waals surface area contributed by atoms with Gasteiger partial charge in [-0.2, -0.15) is 0 Å². The van der Waals surface area contributed by atoms with Crippen LogP contribution in [0.25, 0.3) is 10.2 Å². The van der Waals surface area contributed by atoms with E-state index in [0.29, 0.717) is 11.1 Å². The minimum Gasteiger partial charge on any atom is -0.348 e. The number of benzene rings is 2. The standard InChI is InChI=1S/C21H19N3O3S/c1-12(2)18(24-20(26)13-7-3-4-8-14(13)21(24)27)19(25)22-11-17-23-15-9-5-6-10-16(15)28-17/h3-10,12,18H,11H2,1-2H3,(H,22,25). The van der Waals surface area contributed by atoms with Crippen LogP contribution in [0.15, 0.2) is 48.5 Å². The van der Waals surface area contributed by atoms with E-state index >= 15 is 0 Å². The molecule has 2 heterocycles. The van der Waals surface area contributed by atoms with Gasteiger partial charge in [-0.25, -0.2) is 4.98 Å². The molecule has 6 nitrogen and oxygen atoms in total. The molecule has 0 saturated heterocycles. The third-order valence-corrected chi connectivity index (χ3v) is 5.79. The lowest BCUT2D eigenvalue weighted by Gasteiger charge is -2.28. The van der Waals surface area contributed by atoms with Crippen LogP contribution >= 0.6 is 11.3 Å². The van der Waals surface area contributed by atoms with E-state index < -0.39 is 17.9 Å². The Kier molecular flexibility index (Phi) is 4.68. The summed E-state index contributed by atoms with van der Waals surface area (Å²) in [5, 5.41) is 3.63. The van der Waals surface area contributed by atoms with E-state index in [1.807, 2.05) is 38.1 Å². The molecule has 1 aliphatic rings. The van der Waals surface area contributed by atoms with Crippen molar-refractivity contribution in [3.05, 3.63) is 64.7 Å². The molecule has 0 bridgehead atoms. The molecular formula is C21H19N3O3S. The third-order valence-electron chi connectivity index (χ3n) is 4.76. The first-order valence-corrected chi connectivity index (χ1v) is 9.88. The predicted molar refractivity (Wildman–Crippen MR) is 107 cm³/mol. The molecular weight excluding hydrogens is 374 g/mol. The van der Waals surface area contributed by atoms with Crippen molar-refractivity contribution in [1.29, 1.82) is 0 Å². The number of hydrogen-bond acceptors (Lipinski definition) is 5. The van der Waals surface area contributed by atoms with Crippen LogP contribution in [0.4, 0.5) is 0 Å². The minimum absolute atomic E-state index is 0.224. The van der Waals surface area contributed by atoms with Gasteiger partial charge in [-0.1, -0.05) is 38.1 Å². The van der Waals surface area contributed by atoms with E-state index in [9.17, 15) is 14.4 Å². The number of nitrogens with one attached hydrogen (secondary N) is 1. The number of nitrogens with zero attached hydrogens (tertiary/aromatic N) is 2. The highest BCUT2D eigenvalue weighted by Crippen LogP contribution is 2.27. The topological polar surface area (TPSA) is 79.4 Å². The van der Waals surface area contributed by atoms with Gasteiger partial charge in [-0.05, 0) is 30.2 Å². The summed E-state index contributed by atoms with van der Waals surface area (Å²) in [5.74, 6) is -1.43. The third kappa shape index (κ3) is 3.07. The second-order valence-electron chi connectivity index (χ2n) is 7.01. The highest BCUT2D eigenvalue weighted by molar-refractivity contribution is 7.18. The maximum atomic E-state index is 12.9. The van der Waals surface area contributed by atoms with Gasteiger partial charge in [0.25, 0.3) is 11.8 Å². The van der Waals surface area contributed by atoms with E-state index in [0.717, 1.165) is 20.1 Å². The number of amides is 3. The van der Waals surface area contributed by atoms with E-state index in [1.165, 1.54) is 11.3 Å². The zero-order valence-corrected chi connectivity index (χ0v) is 16.3. The summed E-state index contributed by atoms with van der Waals surface area (Å²) >= 11 is 1.51. The second-order valence-corrected chi connectivity index (χ2v) is 8.12. The van der Waals surface area contributed by atoms with Gasteiger partial charge >= 0.3 is 0 Å². The monoisotopic (exact) mass is 393 g/mol. The molecule has 1 unspecified atom stereocenters. The van der Waals surface area contributed by atoms with Crippen LogP contribution in [0.2, 0.25) is 0 Å². The first-order chi connectivity index (χ1) is 13.5. The molecule has 28 heavy (non-hydrogen) atoms. The molecule has 142 valence electrons. The lowest BCUT2D eigenvalue weighted by atomic mass is 10.0. The van der Waals surface area contributed by atoms with Crippen LogP contribution in [-0.2, 0) is 11.3 Å². The zero-order chi connectivity index (χ0) is 19.8. The van der Waals surface area contributed by atoms with Gasteiger partial charge in [0.1, 0.15) is 11.0 Å². The molecule has 4 rings (SSSR count). The van der Waals surface area contributed by atoms with Gasteiger partial charge in [0.05, 0.1) is 27.9 Å². The Hall–Kier alpha value is -3.06. The average molecular weight is 393 g/mol. The lowest BCUT2D eigenvalue weighted by molar-refractivity contribution is -0.126. The molecule has 1 N–H and O–H groups in total. The Morgan fingerprint density at radius 2 is 1.64 bits per heavy atom. The van der Waals surface area contributed by atoms with Crippen LogP contribution in [0.1, 0.15) is 39.6 Å². The fourth-order valence-electron chi connectivity index (χ4n) is 3.44. The Morgan fingerprint density at radius 1 is 1.04 bits per heavy atom. The SMILES string of the molecule is CC(C)C(C(=O)NCc1nc2ccccc2s1)N1C(=O)c2ccccc2C1=O. The molecule has 2 aromatic carbocycles. The van der Waals surface area contributed by atoms with E-state index in [2.05, 4.69) is 10.3 Å². The first kappa shape index (κ1) is 18.3. The molecule has 1 atom stereocenters. The molecule has 0 radical (unpaired) electrons. The molecule has 0 aliphatic carbocycles. The molecule has 7 heteroatoms. The van der Waals surface area contributed by atoms with Crippen LogP contribution in [0, 0.1) is 5.92 Å². The predicted octanol–water partition coefficient (Wildman–Crippen LogP) is 3.23. The number of thiazole rings is 1. The molecule has 3 amide bonds. The molecule has 0 fully saturated rings. The normalized spacial score (nSPS) is 14.6. The Balaban J connectivity index is 1.54. The van der Waals surface area contributed by atoms with E-state index in [4.69, 9.17) is 0 Å². The number of imide groups is 1. The van der Waals surface area contributed by atoms with Crippen molar-refractivity contribution < 1.29 is 14.4 Å². The largest absolute Gasteiger partial charge is 0.348 e. The molecule has 1 aromatic heterocycles. The van der Waals surface area contributed by atoms with Crippen LogP contribution in [0.5, 0.6) is 0 Å². The summed E-state index contributed by atoms with van der Waals surface area (Å²) in [4.78, 5) is 44.0. The average Bonchev–Trinajstić information content (AvgIpc) is 3.21. The van der Waals surface area contributed by atoms with Crippen molar-refractivity contribution in [2.75, 3.05) is 0 Å². The quantitative estimate of drug-likeness (QED) is 0.675. The van der Waals surface area contributed by atoms with Gasteiger partial charge in [-0.15, -0.1) is 11.3 Å². The van der Waals surface area contributed by atoms with Gasteiger partial charge in [0.15, 0.2) is 0 Å². The number of hydrogen-bond donors (Lipinski definition) is 1. The maximum Gasteiger partial charge on any atom is 0.262 e. The first-order valence-electron chi connectivity index (χ1n) is 9.06. The second kappa shape index (κ2) is 7.16.